The zero-order valence-electron chi connectivity index (χ0n) is 13.0. The maximum atomic E-state index is 13.7. The molecule has 2 amide bonds. The van der Waals surface area contributed by atoms with Crippen LogP contribution in [0.4, 0.5) is 14.9 Å². The summed E-state index contributed by atoms with van der Waals surface area (Å²) in [6.45, 7) is 0.270. The third-order valence-electron chi connectivity index (χ3n) is 3.62. The van der Waals surface area contributed by atoms with E-state index in [2.05, 4.69) is 15.0 Å². The monoisotopic (exact) mass is 349 g/mol. The normalized spacial score (nSPS) is 13.4. The number of benzene rings is 1. The number of urea groups is 1. The number of amides is 2. The molecule has 0 unspecified atom stereocenters. The van der Waals surface area contributed by atoms with Crippen molar-refractivity contribution in [1.29, 1.82) is 0 Å². The molecule has 0 atom stereocenters. The summed E-state index contributed by atoms with van der Waals surface area (Å²) >= 11 is 1.29. The Morgan fingerprint density at radius 1 is 1.42 bits per heavy atom. The van der Waals surface area contributed by atoms with Crippen LogP contribution in [0.5, 0.6) is 0 Å². The van der Waals surface area contributed by atoms with E-state index in [1.807, 2.05) is 0 Å². The van der Waals surface area contributed by atoms with Gasteiger partial charge in [-0.25, -0.2) is 19.0 Å². The molecule has 1 aromatic carbocycles. The molecule has 1 heterocycles. The number of hydrogen-bond acceptors (Lipinski definition) is 5. The van der Waals surface area contributed by atoms with Crippen molar-refractivity contribution < 1.29 is 18.7 Å². The molecule has 8 heteroatoms. The zero-order chi connectivity index (χ0) is 17.1. The lowest BCUT2D eigenvalue weighted by atomic mass is 10.3. The van der Waals surface area contributed by atoms with Crippen molar-refractivity contribution in [3.8, 4) is 0 Å². The number of aromatic nitrogens is 1. The lowest BCUT2D eigenvalue weighted by Gasteiger charge is -2.21. The summed E-state index contributed by atoms with van der Waals surface area (Å²) in [7, 11) is 1.29. The Balaban J connectivity index is 1.71. The molecular formula is C16H16FN3O3S. The van der Waals surface area contributed by atoms with Gasteiger partial charge in [0, 0.05) is 11.4 Å². The molecule has 0 saturated heterocycles. The van der Waals surface area contributed by atoms with E-state index in [1.54, 1.807) is 22.4 Å². The van der Waals surface area contributed by atoms with E-state index in [0.717, 1.165) is 12.8 Å². The molecule has 24 heavy (non-hydrogen) atoms. The van der Waals surface area contributed by atoms with Crippen molar-refractivity contribution in [3.05, 3.63) is 46.2 Å². The molecule has 0 aliphatic heterocycles. The molecule has 1 aliphatic rings. The first kappa shape index (κ1) is 16.4. The molecule has 6 nitrogen and oxygen atoms in total. The highest BCUT2D eigenvalue weighted by Gasteiger charge is 2.33. The van der Waals surface area contributed by atoms with E-state index in [4.69, 9.17) is 0 Å². The summed E-state index contributed by atoms with van der Waals surface area (Å²) in [5.41, 5.74) is 0.366. The van der Waals surface area contributed by atoms with Gasteiger partial charge in [-0.2, -0.15) is 0 Å². The summed E-state index contributed by atoms with van der Waals surface area (Å²) in [6.07, 6.45) is 1.81. The number of para-hydroxylation sites is 1. The number of nitrogens with one attached hydrogen (secondary N) is 1. The van der Waals surface area contributed by atoms with Crippen molar-refractivity contribution in [3.63, 3.8) is 0 Å². The van der Waals surface area contributed by atoms with E-state index in [-0.39, 0.29) is 30.0 Å². The van der Waals surface area contributed by atoms with Crippen molar-refractivity contribution in [1.82, 2.24) is 9.88 Å². The van der Waals surface area contributed by atoms with Gasteiger partial charge in [0.25, 0.3) is 0 Å². The smallest absolute Gasteiger partial charge is 0.357 e. The van der Waals surface area contributed by atoms with E-state index >= 15 is 0 Å². The lowest BCUT2D eigenvalue weighted by molar-refractivity contribution is 0.0594. The van der Waals surface area contributed by atoms with Crippen molar-refractivity contribution in [2.45, 2.75) is 25.4 Å². The number of carbonyl (C=O) groups is 2. The third kappa shape index (κ3) is 3.70. The average molecular weight is 349 g/mol. The number of carbonyl (C=O) groups excluding carboxylic acids is 2. The Morgan fingerprint density at radius 3 is 2.83 bits per heavy atom. The quantitative estimate of drug-likeness (QED) is 0.841. The number of esters is 1. The van der Waals surface area contributed by atoms with Crippen LogP contribution >= 0.6 is 11.3 Å². The third-order valence-corrected chi connectivity index (χ3v) is 4.45. The lowest BCUT2D eigenvalue weighted by Crippen LogP contribution is -2.36. The highest BCUT2D eigenvalue weighted by Crippen LogP contribution is 2.30. The summed E-state index contributed by atoms with van der Waals surface area (Å²) in [5.74, 6) is -0.991. The van der Waals surface area contributed by atoms with Gasteiger partial charge in [0.2, 0.25) is 0 Å². The summed E-state index contributed by atoms with van der Waals surface area (Å²) in [5, 5.41) is 4.82. The largest absolute Gasteiger partial charge is 0.464 e. The highest BCUT2D eigenvalue weighted by atomic mass is 32.1. The topological polar surface area (TPSA) is 71.5 Å². The molecule has 3 rings (SSSR count). The zero-order valence-corrected chi connectivity index (χ0v) is 13.8. The Kier molecular flexibility index (Phi) is 4.75. The van der Waals surface area contributed by atoms with Crippen molar-refractivity contribution in [2.75, 3.05) is 12.4 Å². The van der Waals surface area contributed by atoms with Gasteiger partial charge in [-0.05, 0) is 25.0 Å². The molecule has 126 valence electrons. The second-order valence-electron chi connectivity index (χ2n) is 5.39. The number of methoxy groups -OCH3 is 1. The number of anilines is 1. The van der Waals surface area contributed by atoms with E-state index < -0.39 is 11.8 Å². The van der Waals surface area contributed by atoms with Gasteiger partial charge in [0.05, 0.1) is 19.3 Å². The van der Waals surface area contributed by atoms with E-state index in [9.17, 15) is 14.0 Å². The molecule has 0 spiro atoms. The molecule has 1 N–H and O–H groups in total. The van der Waals surface area contributed by atoms with E-state index in [1.165, 1.54) is 30.6 Å². The maximum absolute atomic E-state index is 13.7. The standard InChI is InChI=1S/C16H16FN3O3S/c1-23-15(21)13-9-24-14(18-13)8-20(10-6-7-10)16(22)19-12-5-3-2-4-11(12)17/h2-5,9-10H,6-8H2,1H3,(H,19,22). The second-order valence-corrected chi connectivity index (χ2v) is 6.33. The predicted molar refractivity (Wildman–Crippen MR) is 87.4 cm³/mol. The predicted octanol–water partition coefficient (Wildman–Crippen LogP) is 3.27. The first-order valence-electron chi connectivity index (χ1n) is 7.43. The molecule has 0 bridgehead atoms. The van der Waals surface area contributed by atoms with Crippen LogP contribution in [0.3, 0.4) is 0 Å². The number of nitrogens with zero attached hydrogens (tertiary/aromatic N) is 2. The Labute approximate surface area is 142 Å². The number of rotatable bonds is 5. The Bertz CT molecular complexity index is 761. The van der Waals surface area contributed by atoms with Crippen LogP contribution in [0, 0.1) is 5.82 Å². The van der Waals surface area contributed by atoms with Gasteiger partial charge in [-0.3, -0.25) is 0 Å². The number of hydrogen-bond donors (Lipinski definition) is 1. The fraction of sp³-hybridized carbons (Fsp3) is 0.312. The minimum Gasteiger partial charge on any atom is -0.464 e. The van der Waals surface area contributed by atoms with Crippen molar-refractivity contribution in [2.24, 2.45) is 0 Å². The summed E-state index contributed by atoms with van der Waals surface area (Å²) < 4.78 is 18.3. The molecule has 1 aliphatic carbocycles. The molecule has 1 aromatic heterocycles. The number of ether oxygens (including phenoxy) is 1. The van der Waals surface area contributed by atoms with Gasteiger partial charge >= 0.3 is 12.0 Å². The minimum absolute atomic E-state index is 0.113. The molecule has 0 radical (unpaired) electrons. The minimum atomic E-state index is -0.508. The maximum Gasteiger partial charge on any atom is 0.357 e. The number of halogens is 1. The molecule has 1 fully saturated rings. The van der Waals surface area contributed by atoms with Crippen LogP contribution in [-0.4, -0.2) is 35.0 Å². The van der Waals surface area contributed by atoms with Crippen LogP contribution in [0.2, 0.25) is 0 Å². The highest BCUT2D eigenvalue weighted by molar-refractivity contribution is 7.09. The van der Waals surface area contributed by atoms with Gasteiger partial charge in [0.1, 0.15) is 10.8 Å². The van der Waals surface area contributed by atoms with Crippen molar-refractivity contribution >= 4 is 29.0 Å². The fourth-order valence-electron chi connectivity index (χ4n) is 2.23. The molecular weight excluding hydrogens is 333 g/mol. The van der Waals surface area contributed by atoms with Gasteiger partial charge in [0.15, 0.2) is 5.69 Å². The summed E-state index contributed by atoms with van der Waals surface area (Å²) in [4.78, 5) is 29.7. The van der Waals surface area contributed by atoms with Crippen LogP contribution in [0.15, 0.2) is 29.6 Å². The van der Waals surface area contributed by atoms with Gasteiger partial charge in [-0.15, -0.1) is 11.3 Å². The first-order chi connectivity index (χ1) is 11.6. The fourth-order valence-corrected chi connectivity index (χ4v) is 2.99. The van der Waals surface area contributed by atoms with Crippen LogP contribution < -0.4 is 5.32 Å². The first-order valence-corrected chi connectivity index (χ1v) is 8.31. The average Bonchev–Trinajstić information content (AvgIpc) is 3.31. The van der Waals surface area contributed by atoms with Gasteiger partial charge in [-0.1, -0.05) is 12.1 Å². The number of thiazole rings is 1. The van der Waals surface area contributed by atoms with Crippen LogP contribution in [0.25, 0.3) is 0 Å². The van der Waals surface area contributed by atoms with Crippen LogP contribution in [0.1, 0.15) is 28.3 Å². The second kappa shape index (κ2) is 6.96. The molecule has 2 aromatic rings. The van der Waals surface area contributed by atoms with Gasteiger partial charge < -0.3 is 15.0 Å². The summed E-state index contributed by atoms with van der Waals surface area (Å²) in [6, 6.07) is 5.76. The Hall–Kier alpha value is -2.48. The Morgan fingerprint density at radius 2 is 2.17 bits per heavy atom. The molecule has 1 saturated carbocycles. The SMILES string of the molecule is COC(=O)c1csc(CN(C(=O)Nc2ccccc2F)C2CC2)n1. The van der Waals surface area contributed by atoms with Crippen LogP contribution in [-0.2, 0) is 11.3 Å². The van der Waals surface area contributed by atoms with E-state index in [0.29, 0.717) is 5.01 Å².